The average Bonchev–Trinajstić information content (AvgIpc) is 2.53. The summed E-state index contributed by atoms with van der Waals surface area (Å²) in [7, 11) is 0. The lowest BCUT2D eigenvalue weighted by atomic mass is 10.1. The highest BCUT2D eigenvalue weighted by Gasteiger charge is 2.38. The molecule has 2 amide bonds. The van der Waals surface area contributed by atoms with E-state index in [4.69, 9.17) is 5.11 Å². The Morgan fingerprint density at radius 3 is 2.00 bits per heavy atom. The number of amides is 2. The monoisotopic (exact) mass is 260 g/mol. The Morgan fingerprint density at radius 1 is 1.22 bits per heavy atom. The van der Waals surface area contributed by atoms with Crippen molar-refractivity contribution in [3.63, 3.8) is 0 Å². The van der Waals surface area contributed by atoms with Gasteiger partial charge in [0.2, 0.25) is 0 Å². The fraction of sp³-hybridized carbons (Fsp3) is 0.818. The molecule has 1 aliphatic heterocycles. The number of rotatable bonds is 2. The molecule has 18 heavy (non-hydrogen) atoms. The molecule has 0 aliphatic carbocycles. The van der Waals surface area contributed by atoms with E-state index in [1.807, 2.05) is 0 Å². The fourth-order valence-corrected chi connectivity index (χ4v) is 1.82. The molecule has 3 N–H and O–H groups in total. The molecular weight excluding hydrogens is 240 g/mol. The van der Waals surface area contributed by atoms with Crippen molar-refractivity contribution < 1.29 is 24.9 Å². The molecular formula is C11H20N2O5. The molecule has 0 bridgehead atoms. The molecule has 0 aromatic carbocycles. The van der Waals surface area contributed by atoms with Crippen LogP contribution in [-0.4, -0.2) is 74.5 Å². The Balaban J connectivity index is 2.80. The van der Waals surface area contributed by atoms with Crippen LogP contribution in [0.1, 0.15) is 20.8 Å². The molecule has 0 spiro atoms. The number of carbonyl (C=O) groups excluding carboxylic acids is 1. The summed E-state index contributed by atoms with van der Waals surface area (Å²) in [5.41, 5.74) is -0.645. The third-order valence-electron chi connectivity index (χ3n) is 2.86. The maximum absolute atomic E-state index is 12.2. The predicted octanol–water partition coefficient (Wildman–Crippen LogP) is -0.671. The van der Waals surface area contributed by atoms with Gasteiger partial charge < -0.3 is 25.1 Å². The van der Waals surface area contributed by atoms with Gasteiger partial charge in [-0.15, -0.1) is 0 Å². The molecule has 0 radical (unpaired) electrons. The van der Waals surface area contributed by atoms with Gasteiger partial charge in [-0.1, -0.05) is 0 Å². The summed E-state index contributed by atoms with van der Waals surface area (Å²) in [5, 5.41) is 27.6. The summed E-state index contributed by atoms with van der Waals surface area (Å²) in [6.07, 6.45) is -1.94. The van der Waals surface area contributed by atoms with Crippen molar-refractivity contribution in [3.05, 3.63) is 0 Å². The standard InChI is InChI=1S/C11H20N2O5/c1-11(2,3)13(6-9(16)17)10(18)12-4-7(14)8(15)5-12/h7-8,14-15H,4-6H2,1-3H3,(H,16,17). The normalized spacial score (nSPS) is 24.2. The van der Waals surface area contributed by atoms with E-state index in [-0.39, 0.29) is 13.1 Å². The molecule has 0 aromatic heterocycles. The Bertz CT molecular complexity index is 329. The maximum atomic E-state index is 12.2. The van der Waals surface area contributed by atoms with Gasteiger partial charge in [-0.25, -0.2) is 4.79 Å². The lowest BCUT2D eigenvalue weighted by molar-refractivity contribution is -0.138. The first-order valence-corrected chi connectivity index (χ1v) is 5.77. The Kier molecular flexibility index (Phi) is 4.18. The number of aliphatic carboxylic acids is 1. The van der Waals surface area contributed by atoms with Gasteiger partial charge in [0.05, 0.1) is 25.3 Å². The second kappa shape index (κ2) is 5.11. The van der Waals surface area contributed by atoms with Crippen molar-refractivity contribution in [2.75, 3.05) is 19.6 Å². The fourth-order valence-electron chi connectivity index (χ4n) is 1.82. The molecule has 1 rings (SSSR count). The third kappa shape index (κ3) is 3.33. The van der Waals surface area contributed by atoms with Gasteiger partial charge in [0.15, 0.2) is 0 Å². The van der Waals surface area contributed by atoms with E-state index < -0.39 is 36.3 Å². The minimum absolute atomic E-state index is 0.0200. The van der Waals surface area contributed by atoms with Crippen molar-refractivity contribution in [1.29, 1.82) is 0 Å². The quantitative estimate of drug-likeness (QED) is 0.611. The van der Waals surface area contributed by atoms with Crippen molar-refractivity contribution in [1.82, 2.24) is 9.80 Å². The summed E-state index contributed by atoms with van der Waals surface area (Å²) < 4.78 is 0. The number of carboxylic acid groups (broad SMARTS) is 1. The van der Waals surface area contributed by atoms with Gasteiger partial charge in [-0.2, -0.15) is 0 Å². The van der Waals surface area contributed by atoms with E-state index in [0.717, 1.165) is 0 Å². The molecule has 2 unspecified atom stereocenters. The molecule has 104 valence electrons. The molecule has 1 saturated heterocycles. The number of likely N-dealkylation sites (tertiary alicyclic amines) is 1. The summed E-state index contributed by atoms with van der Waals surface area (Å²) >= 11 is 0. The Labute approximate surface area is 106 Å². The number of urea groups is 1. The van der Waals surface area contributed by atoms with Gasteiger partial charge in [-0.05, 0) is 20.8 Å². The second-order valence-electron chi connectivity index (χ2n) is 5.47. The van der Waals surface area contributed by atoms with Crippen molar-refractivity contribution in [2.45, 2.75) is 38.5 Å². The predicted molar refractivity (Wildman–Crippen MR) is 63.1 cm³/mol. The van der Waals surface area contributed by atoms with E-state index in [1.165, 1.54) is 9.80 Å². The summed E-state index contributed by atoms with van der Waals surface area (Å²) in [6, 6.07) is -0.486. The maximum Gasteiger partial charge on any atom is 0.323 e. The van der Waals surface area contributed by atoms with Crippen LogP contribution in [0.4, 0.5) is 4.79 Å². The van der Waals surface area contributed by atoms with Crippen molar-refractivity contribution in [3.8, 4) is 0 Å². The highest BCUT2D eigenvalue weighted by atomic mass is 16.4. The second-order valence-corrected chi connectivity index (χ2v) is 5.47. The van der Waals surface area contributed by atoms with Crippen LogP contribution in [0.2, 0.25) is 0 Å². The van der Waals surface area contributed by atoms with Crippen LogP contribution in [-0.2, 0) is 4.79 Å². The zero-order chi connectivity index (χ0) is 14.1. The van der Waals surface area contributed by atoms with Crippen LogP contribution < -0.4 is 0 Å². The topological polar surface area (TPSA) is 101 Å². The lowest BCUT2D eigenvalue weighted by Gasteiger charge is -2.37. The van der Waals surface area contributed by atoms with Crippen LogP contribution in [0.3, 0.4) is 0 Å². The van der Waals surface area contributed by atoms with E-state index >= 15 is 0 Å². The third-order valence-corrected chi connectivity index (χ3v) is 2.86. The summed E-state index contributed by atoms with van der Waals surface area (Å²) in [4.78, 5) is 25.5. The first kappa shape index (κ1) is 14.7. The number of nitrogens with zero attached hydrogens (tertiary/aromatic N) is 2. The van der Waals surface area contributed by atoms with Gasteiger partial charge in [-0.3, -0.25) is 4.79 Å². The smallest absolute Gasteiger partial charge is 0.323 e. The van der Waals surface area contributed by atoms with E-state index in [9.17, 15) is 19.8 Å². The largest absolute Gasteiger partial charge is 0.480 e. The summed E-state index contributed by atoms with van der Waals surface area (Å²) in [5.74, 6) is -1.10. The van der Waals surface area contributed by atoms with Gasteiger partial charge >= 0.3 is 12.0 Å². The zero-order valence-electron chi connectivity index (χ0n) is 10.8. The number of aliphatic hydroxyl groups is 2. The number of carbonyl (C=O) groups is 2. The first-order chi connectivity index (χ1) is 8.12. The molecule has 2 atom stereocenters. The minimum atomic E-state index is -1.10. The van der Waals surface area contributed by atoms with Gasteiger partial charge in [0.1, 0.15) is 6.54 Å². The van der Waals surface area contributed by atoms with E-state index in [0.29, 0.717) is 0 Å². The van der Waals surface area contributed by atoms with Crippen molar-refractivity contribution >= 4 is 12.0 Å². The number of carboxylic acids is 1. The SMILES string of the molecule is CC(C)(C)N(CC(=O)O)C(=O)N1CC(O)C(O)C1. The highest BCUT2D eigenvalue weighted by Crippen LogP contribution is 2.19. The van der Waals surface area contributed by atoms with Crippen LogP contribution in [0.5, 0.6) is 0 Å². The molecule has 0 saturated carbocycles. The van der Waals surface area contributed by atoms with Crippen LogP contribution in [0, 0.1) is 0 Å². The molecule has 1 fully saturated rings. The van der Waals surface area contributed by atoms with E-state index in [1.54, 1.807) is 20.8 Å². The Hall–Kier alpha value is -1.34. The number of hydrogen-bond acceptors (Lipinski definition) is 4. The van der Waals surface area contributed by atoms with Crippen molar-refractivity contribution in [2.24, 2.45) is 0 Å². The van der Waals surface area contributed by atoms with Crippen LogP contribution >= 0.6 is 0 Å². The molecule has 1 aliphatic rings. The van der Waals surface area contributed by atoms with E-state index in [2.05, 4.69) is 0 Å². The first-order valence-electron chi connectivity index (χ1n) is 5.77. The number of aliphatic hydroxyl groups excluding tert-OH is 2. The lowest BCUT2D eigenvalue weighted by Crippen LogP contribution is -2.53. The number of β-amino-alcohol motifs (C(OH)–C–C–N with tert-alkyl or cyclic N) is 2. The minimum Gasteiger partial charge on any atom is -0.480 e. The average molecular weight is 260 g/mol. The van der Waals surface area contributed by atoms with Gasteiger partial charge in [0, 0.05) is 5.54 Å². The molecule has 7 nitrogen and oxygen atoms in total. The highest BCUT2D eigenvalue weighted by molar-refractivity contribution is 5.81. The van der Waals surface area contributed by atoms with Crippen LogP contribution in [0.15, 0.2) is 0 Å². The molecule has 0 aromatic rings. The zero-order valence-corrected chi connectivity index (χ0v) is 10.8. The Morgan fingerprint density at radius 2 is 1.67 bits per heavy atom. The molecule has 7 heteroatoms. The number of hydrogen-bond donors (Lipinski definition) is 3. The van der Waals surface area contributed by atoms with Gasteiger partial charge in [0.25, 0.3) is 0 Å². The molecule has 1 heterocycles. The summed E-state index contributed by atoms with van der Waals surface area (Å²) in [6.45, 7) is 4.83. The van der Waals surface area contributed by atoms with Crippen LogP contribution in [0.25, 0.3) is 0 Å².